The largest absolute Gasteiger partial charge is 0.416 e. The van der Waals surface area contributed by atoms with Gasteiger partial charge in [-0.3, -0.25) is 9.79 Å². The number of Topliss-reactive ketones (excluding diaryl/α,β-unsaturated/α-hetero) is 1. The highest BCUT2D eigenvalue weighted by Crippen LogP contribution is 2.54. The number of hydrogen-bond donors (Lipinski definition) is 1. The van der Waals surface area contributed by atoms with Crippen molar-refractivity contribution >= 4 is 12.0 Å². The van der Waals surface area contributed by atoms with Crippen LogP contribution in [0.15, 0.2) is 65.3 Å². The van der Waals surface area contributed by atoms with Crippen LogP contribution in [0.25, 0.3) is 0 Å². The van der Waals surface area contributed by atoms with Gasteiger partial charge in [-0.25, -0.2) is 0 Å². The van der Waals surface area contributed by atoms with Crippen LogP contribution in [0.1, 0.15) is 28.7 Å². The number of carbonyl (C=O) groups is 1. The van der Waals surface area contributed by atoms with Crippen molar-refractivity contribution < 1.29 is 31.1 Å². The molecule has 0 heterocycles. The maximum absolute atomic E-state index is 13.0. The number of ketones is 1. The molecule has 3 rings (SSSR count). The quantitative estimate of drug-likeness (QED) is 0.529. The number of benzene rings is 2. The molecule has 2 aromatic rings. The number of rotatable bonds is 4. The van der Waals surface area contributed by atoms with E-state index in [1.54, 1.807) is 0 Å². The molecule has 9 heteroatoms. The van der Waals surface area contributed by atoms with Crippen molar-refractivity contribution in [3.8, 4) is 0 Å². The maximum atomic E-state index is 13.0. The first-order valence-corrected chi connectivity index (χ1v) is 9.17. The van der Waals surface area contributed by atoms with Crippen LogP contribution >= 0.6 is 0 Å². The monoisotopic (exact) mass is 440 g/mol. The van der Waals surface area contributed by atoms with Gasteiger partial charge >= 0.3 is 12.4 Å². The van der Waals surface area contributed by atoms with Crippen LogP contribution < -0.4 is 5.73 Å². The summed E-state index contributed by atoms with van der Waals surface area (Å²) in [5, 5.41) is 0. The fourth-order valence-electron chi connectivity index (χ4n) is 4.07. The van der Waals surface area contributed by atoms with E-state index < -0.39 is 34.8 Å². The lowest BCUT2D eigenvalue weighted by atomic mass is 9.51. The Bertz CT molecular complexity index is 960. The number of aliphatic imine (C=N–C) groups is 1. The molecule has 1 aliphatic rings. The number of carbonyl (C=O) groups excluding carboxylic acids is 1. The molecule has 2 aromatic carbocycles. The molecule has 2 N–H and O–H groups in total. The lowest BCUT2D eigenvalue weighted by Gasteiger charge is -2.49. The summed E-state index contributed by atoms with van der Waals surface area (Å²) >= 11 is 0. The summed E-state index contributed by atoms with van der Waals surface area (Å²) in [6.07, 6.45) is -6.65. The second-order valence-electron chi connectivity index (χ2n) is 7.25. The zero-order valence-electron chi connectivity index (χ0n) is 16.3. The minimum Gasteiger partial charge on any atom is -0.404 e. The van der Waals surface area contributed by atoms with Crippen molar-refractivity contribution in [1.82, 2.24) is 0 Å². The van der Waals surface area contributed by atoms with Crippen molar-refractivity contribution in [2.24, 2.45) is 16.6 Å². The Morgan fingerprint density at radius 2 is 1.35 bits per heavy atom. The van der Waals surface area contributed by atoms with Crippen LogP contribution in [0, 0.1) is 5.92 Å². The predicted octanol–water partition coefficient (Wildman–Crippen LogP) is 5.14. The Morgan fingerprint density at radius 3 is 1.65 bits per heavy atom. The highest BCUT2D eigenvalue weighted by molar-refractivity contribution is 6.01. The van der Waals surface area contributed by atoms with Gasteiger partial charge in [0.2, 0.25) is 0 Å². The molecule has 1 aliphatic carbocycles. The summed E-state index contributed by atoms with van der Waals surface area (Å²) in [6, 6.07) is 8.55. The smallest absolute Gasteiger partial charge is 0.404 e. The molecule has 1 fully saturated rings. The van der Waals surface area contributed by atoms with Crippen molar-refractivity contribution in [2.75, 3.05) is 7.05 Å². The fraction of sp³-hybridized carbons (Fsp3) is 0.273. The van der Waals surface area contributed by atoms with Crippen LogP contribution in [-0.2, 0) is 22.6 Å². The molecule has 1 atom stereocenters. The third-order valence-electron chi connectivity index (χ3n) is 5.53. The average Bonchev–Trinajstić information content (AvgIpc) is 2.70. The summed E-state index contributed by atoms with van der Waals surface area (Å²) in [5.74, 6) is -1.13. The molecule has 31 heavy (non-hydrogen) atoms. The van der Waals surface area contributed by atoms with E-state index >= 15 is 0 Å². The normalized spacial score (nSPS) is 19.5. The van der Waals surface area contributed by atoms with Crippen LogP contribution in [0.4, 0.5) is 26.3 Å². The van der Waals surface area contributed by atoms with E-state index in [9.17, 15) is 31.1 Å². The molecule has 0 saturated heterocycles. The molecule has 0 bridgehead atoms. The first-order valence-electron chi connectivity index (χ1n) is 9.17. The molecule has 164 valence electrons. The zero-order chi connectivity index (χ0) is 23.0. The predicted molar refractivity (Wildman–Crippen MR) is 103 cm³/mol. The van der Waals surface area contributed by atoms with Gasteiger partial charge in [-0.1, -0.05) is 24.3 Å². The Balaban J connectivity index is 2.19. The fourth-order valence-corrected chi connectivity index (χ4v) is 4.07. The molecule has 1 saturated carbocycles. The number of nitrogens with zero attached hydrogens (tertiary/aromatic N) is 1. The topological polar surface area (TPSA) is 55.4 Å². The molecule has 0 aromatic heterocycles. The third kappa shape index (κ3) is 3.96. The third-order valence-corrected chi connectivity index (χ3v) is 5.53. The van der Waals surface area contributed by atoms with Gasteiger partial charge in [0.25, 0.3) is 0 Å². The van der Waals surface area contributed by atoms with E-state index in [1.165, 1.54) is 43.7 Å². The summed E-state index contributed by atoms with van der Waals surface area (Å²) in [5.41, 5.74) is 3.83. The molecular formula is C22H18F6N2O. The number of halogens is 6. The zero-order valence-corrected chi connectivity index (χ0v) is 16.3. The lowest BCUT2D eigenvalue weighted by molar-refractivity contribution is -0.138. The molecule has 0 amide bonds. The molecule has 1 unspecified atom stereocenters. The Hall–Kier alpha value is -3.10. The summed E-state index contributed by atoms with van der Waals surface area (Å²) in [6.45, 7) is 0. The van der Waals surface area contributed by atoms with E-state index in [-0.39, 0.29) is 12.2 Å². The summed E-state index contributed by atoms with van der Waals surface area (Å²) in [4.78, 5) is 16.5. The molecule has 3 nitrogen and oxygen atoms in total. The summed E-state index contributed by atoms with van der Waals surface area (Å²) in [7, 11) is 1.46. The van der Waals surface area contributed by atoms with E-state index in [1.807, 2.05) is 0 Å². The highest BCUT2D eigenvalue weighted by atomic mass is 19.4. The SMILES string of the molecule is CN=C/C(=C\N)C1C(=O)CC1(c1ccc(C(F)(F)F)cc1)c1ccc(C(F)(F)F)cc1. The van der Waals surface area contributed by atoms with E-state index in [0.29, 0.717) is 16.7 Å². The number of allylic oxidation sites excluding steroid dienone is 1. The van der Waals surface area contributed by atoms with Gasteiger partial charge in [0.1, 0.15) is 5.78 Å². The van der Waals surface area contributed by atoms with Gasteiger partial charge in [-0.05, 0) is 47.2 Å². The first kappa shape index (κ1) is 22.6. The highest BCUT2D eigenvalue weighted by Gasteiger charge is 2.57. The lowest BCUT2D eigenvalue weighted by Crippen LogP contribution is -2.54. The second-order valence-corrected chi connectivity index (χ2v) is 7.25. The van der Waals surface area contributed by atoms with Crippen molar-refractivity contribution in [3.05, 3.63) is 82.6 Å². The van der Waals surface area contributed by atoms with Crippen molar-refractivity contribution in [1.29, 1.82) is 0 Å². The van der Waals surface area contributed by atoms with E-state index in [4.69, 9.17) is 5.73 Å². The number of alkyl halides is 6. The Labute approximate surface area is 174 Å². The van der Waals surface area contributed by atoms with Gasteiger partial charge in [0.05, 0.1) is 17.0 Å². The Kier molecular flexibility index (Phi) is 5.73. The van der Waals surface area contributed by atoms with E-state index in [2.05, 4.69) is 4.99 Å². The van der Waals surface area contributed by atoms with Crippen molar-refractivity contribution in [3.63, 3.8) is 0 Å². The standard InChI is InChI=1S/C22H18F6N2O/c1-30-12-13(11-29)19-18(31)10-20(19,14-2-6-16(7-3-14)21(23,24)25)15-4-8-17(9-5-15)22(26,27)28/h2-9,11-12,19H,10,29H2,1H3/b13-11+,30-12?. The van der Waals surface area contributed by atoms with E-state index in [0.717, 1.165) is 24.3 Å². The second kappa shape index (κ2) is 7.86. The molecule has 0 aliphatic heterocycles. The minimum absolute atomic E-state index is 0.0940. The molecular weight excluding hydrogens is 422 g/mol. The average molecular weight is 440 g/mol. The van der Waals surface area contributed by atoms with Crippen LogP contribution in [0.2, 0.25) is 0 Å². The van der Waals surface area contributed by atoms with Crippen molar-refractivity contribution in [2.45, 2.75) is 24.2 Å². The molecule has 0 radical (unpaired) electrons. The summed E-state index contributed by atoms with van der Waals surface area (Å²) < 4.78 is 78.1. The number of nitrogens with two attached hydrogens (primary N) is 1. The first-order chi connectivity index (χ1) is 14.4. The van der Waals surface area contributed by atoms with Crippen LogP contribution in [0.5, 0.6) is 0 Å². The molecule has 0 spiro atoms. The van der Waals surface area contributed by atoms with Gasteiger partial charge < -0.3 is 5.73 Å². The van der Waals surface area contributed by atoms with Gasteiger partial charge in [0, 0.05) is 25.1 Å². The van der Waals surface area contributed by atoms with Gasteiger partial charge in [-0.15, -0.1) is 0 Å². The van der Waals surface area contributed by atoms with Crippen LogP contribution in [-0.4, -0.2) is 19.0 Å². The van der Waals surface area contributed by atoms with Gasteiger partial charge in [0.15, 0.2) is 0 Å². The van der Waals surface area contributed by atoms with Crippen LogP contribution in [0.3, 0.4) is 0 Å². The maximum Gasteiger partial charge on any atom is 0.416 e. The minimum atomic E-state index is -4.55. The Morgan fingerprint density at radius 1 is 0.935 bits per heavy atom. The van der Waals surface area contributed by atoms with Gasteiger partial charge in [-0.2, -0.15) is 26.3 Å². The number of hydrogen-bond acceptors (Lipinski definition) is 3.